The molecule has 0 bridgehead atoms. The first kappa shape index (κ1) is 25.1. The van der Waals surface area contributed by atoms with Crippen LogP contribution in [0.5, 0.6) is 0 Å². The molecule has 2 aromatic carbocycles. The van der Waals surface area contributed by atoms with Gasteiger partial charge in [-0.3, -0.25) is 9.69 Å². The van der Waals surface area contributed by atoms with E-state index in [1.807, 2.05) is 0 Å². The summed E-state index contributed by atoms with van der Waals surface area (Å²) in [6, 6.07) is 9.97. The Morgan fingerprint density at radius 2 is 1.30 bits per heavy atom. The van der Waals surface area contributed by atoms with Gasteiger partial charge in [0.1, 0.15) is 0 Å². The second-order valence-corrected chi connectivity index (χ2v) is 8.69. The molecule has 180 valence electrons. The van der Waals surface area contributed by atoms with E-state index in [4.69, 9.17) is 0 Å². The van der Waals surface area contributed by atoms with Crippen LogP contribution in [0.3, 0.4) is 0 Å². The van der Waals surface area contributed by atoms with Gasteiger partial charge in [0.25, 0.3) is 0 Å². The molecule has 1 saturated heterocycles. The first-order valence-corrected chi connectivity index (χ1v) is 10.7. The van der Waals surface area contributed by atoms with E-state index in [-0.39, 0.29) is 18.3 Å². The summed E-state index contributed by atoms with van der Waals surface area (Å²) in [6.45, 7) is 1.59. The highest BCUT2D eigenvalue weighted by Crippen LogP contribution is 2.32. The Hall–Kier alpha value is -2.55. The van der Waals surface area contributed by atoms with Crippen molar-refractivity contribution in [3.05, 3.63) is 70.8 Å². The second kappa shape index (κ2) is 10.2. The van der Waals surface area contributed by atoms with Crippen molar-refractivity contribution < 1.29 is 36.2 Å². The minimum Gasteiger partial charge on any atom is -0.481 e. The molecular weight excluding hydrogens is 448 g/mol. The molecule has 1 N–H and O–H groups in total. The third kappa shape index (κ3) is 7.48. The van der Waals surface area contributed by atoms with Crippen molar-refractivity contribution in [2.75, 3.05) is 13.1 Å². The number of aryl methyl sites for hydroxylation is 1. The summed E-state index contributed by atoms with van der Waals surface area (Å²) in [6.07, 6.45) is -6.84. The van der Waals surface area contributed by atoms with Crippen LogP contribution in [0.2, 0.25) is 0 Å². The lowest BCUT2D eigenvalue weighted by molar-refractivity contribution is -0.139. The van der Waals surface area contributed by atoms with E-state index in [0.29, 0.717) is 44.5 Å². The number of alkyl halides is 6. The zero-order valence-electron chi connectivity index (χ0n) is 17.8. The van der Waals surface area contributed by atoms with Gasteiger partial charge in [0.15, 0.2) is 0 Å². The highest BCUT2D eigenvalue weighted by atomic mass is 19.4. The Bertz CT molecular complexity index is 922. The number of aliphatic carboxylic acids is 1. The van der Waals surface area contributed by atoms with Crippen LogP contribution >= 0.6 is 0 Å². The van der Waals surface area contributed by atoms with Crippen molar-refractivity contribution in [1.29, 1.82) is 0 Å². The fraction of sp³-hybridized carbons (Fsp3) is 0.458. The van der Waals surface area contributed by atoms with E-state index in [0.717, 1.165) is 29.8 Å². The van der Waals surface area contributed by atoms with Crippen molar-refractivity contribution in [1.82, 2.24) is 4.90 Å². The van der Waals surface area contributed by atoms with Crippen LogP contribution in [0, 0.1) is 11.8 Å². The molecule has 1 aliphatic rings. The summed E-state index contributed by atoms with van der Waals surface area (Å²) in [5.41, 5.74) is 0.0642. The first-order chi connectivity index (χ1) is 15.4. The molecule has 3 rings (SSSR count). The molecule has 1 aliphatic heterocycles. The molecule has 33 heavy (non-hydrogen) atoms. The highest BCUT2D eigenvalue weighted by Gasteiger charge is 2.32. The minimum atomic E-state index is -4.40. The number of carboxylic acids is 1. The second-order valence-electron chi connectivity index (χ2n) is 8.69. The lowest BCUT2D eigenvalue weighted by Crippen LogP contribution is -2.40. The van der Waals surface area contributed by atoms with Gasteiger partial charge in [-0.1, -0.05) is 24.3 Å². The van der Waals surface area contributed by atoms with Gasteiger partial charge in [0, 0.05) is 26.1 Å². The summed E-state index contributed by atoms with van der Waals surface area (Å²) in [5.74, 6) is -0.860. The molecule has 1 fully saturated rings. The monoisotopic (exact) mass is 473 g/mol. The molecule has 0 radical (unpaired) electrons. The van der Waals surface area contributed by atoms with Crippen LogP contribution in [0.4, 0.5) is 26.3 Å². The lowest BCUT2D eigenvalue weighted by Gasteiger charge is -2.37. The number of carbonyl (C=O) groups is 1. The molecule has 0 spiro atoms. The summed E-state index contributed by atoms with van der Waals surface area (Å²) >= 11 is 0. The van der Waals surface area contributed by atoms with E-state index in [9.17, 15) is 36.2 Å². The molecule has 0 aromatic heterocycles. The van der Waals surface area contributed by atoms with Gasteiger partial charge in [-0.05, 0) is 66.5 Å². The van der Waals surface area contributed by atoms with Gasteiger partial charge in [-0.2, -0.15) is 26.3 Å². The Morgan fingerprint density at radius 3 is 1.79 bits per heavy atom. The SMILES string of the molecule is O=C(O)C[C@H]1C[C@H](CCc2ccc(C(F)(F)F)cc2)CN(Cc2ccc(C(F)(F)F)cc2)C1. The summed E-state index contributed by atoms with van der Waals surface area (Å²) in [7, 11) is 0. The van der Waals surface area contributed by atoms with Crippen LogP contribution in [0.25, 0.3) is 0 Å². The third-order valence-electron chi connectivity index (χ3n) is 5.97. The number of rotatable bonds is 7. The molecule has 0 unspecified atom stereocenters. The fourth-order valence-electron chi connectivity index (χ4n) is 4.45. The molecule has 1 heterocycles. The number of piperidine rings is 1. The minimum absolute atomic E-state index is 0.000289. The van der Waals surface area contributed by atoms with E-state index >= 15 is 0 Å². The topological polar surface area (TPSA) is 40.5 Å². The number of benzene rings is 2. The maximum Gasteiger partial charge on any atom is 0.416 e. The van der Waals surface area contributed by atoms with Gasteiger partial charge in [0.2, 0.25) is 0 Å². The largest absolute Gasteiger partial charge is 0.481 e. The smallest absolute Gasteiger partial charge is 0.416 e. The summed E-state index contributed by atoms with van der Waals surface area (Å²) < 4.78 is 76.6. The van der Waals surface area contributed by atoms with Crippen LogP contribution in [0.1, 0.15) is 41.5 Å². The summed E-state index contributed by atoms with van der Waals surface area (Å²) in [5, 5.41) is 9.22. The van der Waals surface area contributed by atoms with Gasteiger partial charge < -0.3 is 5.11 Å². The molecule has 0 amide bonds. The lowest BCUT2D eigenvalue weighted by atomic mass is 9.83. The zero-order chi connectivity index (χ0) is 24.2. The van der Waals surface area contributed by atoms with Crippen LogP contribution in [0.15, 0.2) is 48.5 Å². The maximum atomic E-state index is 12.8. The number of nitrogens with zero attached hydrogens (tertiary/aromatic N) is 1. The number of likely N-dealkylation sites (tertiary alicyclic amines) is 1. The molecule has 9 heteroatoms. The van der Waals surface area contributed by atoms with Gasteiger partial charge >= 0.3 is 18.3 Å². The van der Waals surface area contributed by atoms with Crippen molar-refractivity contribution in [2.45, 2.75) is 44.6 Å². The average Bonchev–Trinajstić information content (AvgIpc) is 2.71. The predicted octanol–water partition coefficient (Wildman–Crippen LogP) is 6.27. The Kier molecular flexibility index (Phi) is 7.72. The van der Waals surface area contributed by atoms with Crippen molar-refractivity contribution >= 4 is 5.97 Å². The van der Waals surface area contributed by atoms with Crippen LogP contribution in [-0.2, 0) is 30.1 Å². The number of carboxylic acid groups (broad SMARTS) is 1. The Labute approximate surface area is 188 Å². The summed E-state index contributed by atoms with van der Waals surface area (Å²) in [4.78, 5) is 13.3. The van der Waals surface area contributed by atoms with Gasteiger partial charge in [-0.25, -0.2) is 0 Å². The Balaban J connectivity index is 1.63. The van der Waals surface area contributed by atoms with E-state index in [1.54, 1.807) is 0 Å². The number of hydrogen-bond donors (Lipinski definition) is 1. The van der Waals surface area contributed by atoms with E-state index < -0.39 is 29.4 Å². The van der Waals surface area contributed by atoms with Crippen molar-refractivity contribution in [3.63, 3.8) is 0 Å². The van der Waals surface area contributed by atoms with Crippen LogP contribution in [-0.4, -0.2) is 29.1 Å². The predicted molar refractivity (Wildman–Crippen MR) is 110 cm³/mol. The van der Waals surface area contributed by atoms with Crippen LogP contribution < -0.4 is 0 Å². The standard InChI is InChI=1S/C24H25F6NO2/c25-23(26,27)20-7-3-16(4-8-20)1-2-18-11-19(12-22(32)33)15-31(14-18)13-17-5-9-21(10-6-17)24(28,29)30/h3-10,18-19H,1-2,11-15H2,(H,32,33)/t18-,19+/m0/s1. The van der Waals surface area contributed by atoms with E-state index in [2.05, 4.69) is 4.90 Å². The molecule has 0 aliphatic carbocycles. The average molecular weight is 473 g/mol. The zero-order valence-corrected chi connectivity index (χ0v) is 17.8. The normalized spacial score (nSPS) is 20.1. The van der Waals surface area contributed by atoms with Gasteiger partial charge in [-0.15, -0.1) is 0 Å². The molecule has 2 atom stereocenters. The van der Waals surface area contributed by atoms with Gasteiger partial charge in [0.05, 0.1) is 11.1 Å². The van der Waals surface area contributed by atoms with Crippen molar-refractivity contribution in [3.8, 4) is 0 Å². The quantitative estimate of drug-likeness (QED) is 0.482. The Morgan fingerprint density at radius 1 is 0.818 bits per heavy atom. The highest BCUT2D eigenvalue weighted by molar-refractivity contribution is 5.67. The maximum absolute atomic E-state index is 12.8. The first-order valence-electron chi connectivity index (χ1n) is 10.7. The molecule has 2 aromatic rings. The van der Waals surface area contributed by atoms with Crippen molar-refractivity contribution in [2.24, 2.45) is 11.8 Å². The number of halogens is 6. The fourth-order valence-corrected chi connectivity index (χ4v) is 4.45. The number of hydrogen-bond acceptors (Lipinski definition) is 2. The van der Waals surface area contributed by atoms with E-state index in [1.165, 1.54) is 24.3 Å². The third-order valence-corrected chi connectivity index (χ3v) is 5.97. The molecule has 0 saturated carbocycles. The molecular formula is C24H25F6NO2. The molecule has 3 nitrogen and oxygen atoms in total.